The molecule has 4 rings (SSSR count). The van der Waals surface area contributed by atoms with E-state index in [1.54, 1.807) is 14.0 Å². The zero-order valence-corrected chi connectivity index (χ0v) is 19.7. The molecular weight excluding hydrogens is 465 g/mol. The van der Waals surface area contributed by atoms with Gasteiger partial charge in [-0.25, -0.2) is 13.2 Å². The zero-order valence-electron chi connectivity index (χ0n) is 18.9. The van der Waals surface area contributed by atoms with Crippen molar-refractivity contribution >= 4 is 23.4 Å². The molecule has 1 aliphatic carbocycles. The first-order valence-corrected chi connectivity index (χ1v) is 12.0. The van der Waals surface area contributed by atoms with Gasteiger partial charge in [-0.2, -0.15) is 0 Å². The number of methoxy groups -OCH3 is 1. The Morgan fingerprint density at radius 3 is 2.44 bits per heavy atom. The average molecular weight is 491 g/mol. The van der Waals surface area contributed by atoms with Gasteiger partial charge in [0, 0.05) is 11.6 Å². The molecule has 3 aromatic rings. The maximum absolute atomic E-state index is 14.0. The Balaban J connectivity index is 1.58. The fraction of sp³-hybridized carbons (Fsp3) is 0.375. The average Bonchev–Trinajstić information content (AvgIpc) is 3.28. The molecule has 1 N–H and O–H groups in total. The van der Waals surface area contributed by atoms with E-state index in [0.29, 0.717) is 11.0 Å². The molecule has 1 unspecified atom stereocenters. The number of nitrogens with one attached hydrogen (secondary N) is 1. The first-order chi connectivity index (χ1) is 16.4. The number of ether oxygens (including phenoxy) is 1. The van der Waals surface area contributed by atoms with Crippen LogP contribution in [0, 0.1) is 17.5 Å². The van der Waals surface area contributed by atoms with Gasteiger partial charge in [-0.15, -0.1) is 10.2 Å². The number of thioether (sulfide) groups is 1. The molecule has 2 aromatic carbocycles. The second-order valence-corrected chi connectivity index (χ2v) is 9.48. The minimum atomic E-state index is -1.63. The van der Waals surface area contributed by atoms with Crippen LogP contribution < -0.4 is 10.1 Å². The molecule has 1 saturated carbocycles. The van der Waals surface area contributed by atoms with E-state index in [9.17, 15) is 18.0 Å². The first-order valence-electron chi connectivity index (χ1n) is 11.1. The summed E-state index contributed by atoms with van der Waals surface area (Å²) in [7, 11) is 1.60. The van der Waals surface area contributed by atoms with E-state index in [1.165, 1.54) is 18.2 Å². The molecule has 0 saturated heterocycles. The van der Waals surface area contributed by atoms with Crippen molar-refractivity contribution in [3.05, 3.63) is 53.8 Å². The Hall–Kier alpha value is -3.01. The highest BCUT2D eigenvalue weighted by atomic mass is 32.2. The fourth-order valence-corrected chi connectivity index (χ4v) is 4.95. The summed E-state index contributed by atoms with van der Waals surface area (Å²) in [6, 6.07) is 9.50. The lowest BCUT2D eigenvalue weighted by Gasteiger charge is -2.26. The molecule has 0 spiro atoms. The topological polar surface area (TPSA) is 69.0 Å². The summed E-state index contributed by atoms with van der Waals surface area (Å²) in [5.74, 6) is -3.49. The molecule has 0 bridgehead atoms. The highest BCUT2D eigenvalue weighted by Crippen LogP contribution is 2.37. The van der Waals surface area contributed by atoms with Crippen molar-refractivity contribution in [2.45, 2.75) is 55.5 Å². The van der Waals surface area contributed by atoms with Crippen molar-refractivity contribution < 1.29 is 22.7 Å². The van der Waals surface area contributed by atoms with Gasteiger partial charge in [0.25, 0.3) is 0 Å². The van der Waals surface area contributed by atoms with E-state index >= 15 is 0 Å². The minimum absolute atomic E-state index is 0.197. The van der Waals surface area contributed by atoms with Crippen LogP contribution in [0.4, 0.5) is 18.9 Å². The Labute approximate surface area is 199 Å². The summed E-state index contributed by atoms with van der Waals surface area (Å²) in [5.41, 5.74) is 0.468. The van der Waals surface area contributed by atoms with Crippen LogP contribution in [0.5, 0.6) is 5.75 Å². The smallest absolute Gasteiger partial charge is 0.237 e. The first kappa shape index (κ1) is 24.1. The maximum atomic E-state index is 14.0. The Morgan fingerprint density at radius 2 is 1.76 bits per heavy atom. The number of aromatic nitrogens is 3. The second kappa shape index (κ2) is 10.5. The van der Waals surface area contributed by atoms with E-state index in [4.69, 9.17) is 4.74 Å². The van der Waals surface area contributed by atoms with Gasteiger partial charge in [0.05, 0.1) is 18.0 Å². The van der Waals surface area contributed by atoms with Gasteiger partial charge < -0.3 is 10.1 Å². The van der Waals surface area contributed by atoms with Crippen LogP contribution in [-0.2, 0) is 4.79 Å². The zero-order chi connectivity index (χ0) is 24.2. The van der Waals surface area contributed by atoms with Crippen molar-refractivity contribution in [3.63, 3.8) is 0 Å². The normalized spacial score (nSPS) is 15.2. The summed E-state index contributed by atoms with van der Waals surface area (Å²) in [4.78, 5) is 12.7. The summed E-state index contributed by atoms with van der Waals surface area (Å²) in [5, 5.41) is 11.0. The van der Waals surface area contributed by atoms with Gasteiger partial charge >= 0.3 is 0 Å². The molecule has 1 aliphatic rings. The van der Waals surface area contributed by atoms with E-state index in [0.717, 1.165) is 49.1 Å². The van der Waals surface area contributed by atoms with Crippen molar-refractivity contribution in [2.75, 3.05) is 12.4 Å². The maximum Gasteiger partial charge on any atom is 0.237 e. The number of benzene rings is 2. The van der Waals surface area contributed by atoms with Gasteiger partial charge in [0.2, 0.25) is 5.91 Å². The summed E-state index contributed by atoms with van der Waals surface area (Å²) in [6.45, 7) is 1.64. The number of carbonyl (C=O) groups is 1. The lowest BCUT2D eigenvalue weighted by atomic mass is 9.95. The third-order valence-electron chi connectivity index (χ3n) is 5.90. The number of anilines is 1. The van der Waals surface area contributed by atoms with E-state index in [2.05, 4.69) is 20.1 Å². The second-order valence-electron chi connectivity index (χ2n) is 8.17. The van der Waals surface area contributed by atoms with Crippen LogP contribution in [-0.4, -0.2) is 33.0 Å². The molecular formula is C24H25F3N4O2S. The minimum Gasteiger partial charge on any atom is -0.497 e. The van der Waals surface area contributed by atoms with E-state index in [1.807, 2.05) is 24.3 Å². The Kier molecular flexibility index (Phi) is 7.45. The third-order valence-corrected chi connectivity index (χ3v) is 6.95. The molecule has 6 nitrogen and oxygen atoms in total. The number of halogens is 3. The quantitative estimate of drug-likeness (QED) is 0.325. The molecule has 1 atom stereocenters. The molecule has 0 aliphatic heterocycles. The highest BCUT2D eigenvalue weighted by Gasteiger charge is 2.27. The summed E-state index contributed by atoms with van der Waals surface area (Å²) < 4.78 is 48.0. The van der Waals surface area contributed by atoms with Crippen molar-refractivity contribution in [3.8, 4) is 17.1 Å². The number of nitrogens with zero attached hydrogens (tertiary/aromatic N) is 3. The number of hydrogen-bond donors (Lipinski definition) is 1. The molecule has 1 aromatic heterocycles. The monoisotopic (exact) mass is 490 g/mol. The third kappa shape index (κ3) is 5.06. The van der Waals surface area contributed by atoms with Crippen LogP contribution in [0.2, 0.25) is 0 Å². The van der Waals surface area contributed by atoms with Crippen molar-refractivity contribution in [1.82, 2.24) is 14.8 Å². The lowest BCUT2D eigenvalue weighted by Crippen LogP contribution is -2.24. The molecule has 10 heteroatoms. The SMILES string of the molecule is COc1ccc(-c2nnc(SC(C)C(=O)Nc3ccc(F)c(F)c3F)n2C2CCCCC2)cc1. The van der Waals surface area contributed by atoms with Gasteiger partial charge in [0.15, 0.2) is 28.4 Å². The lowest BCUT2D eigenvalue weighted by molar-refractivity contribution is -0.115. The van der Waals surface area contributed by atoms with Crippen molar-refractivity contribution in [2.24, 2.45) is 0 Å². The van der Waals surface area contributed by atoms with Gasteiger partial charge in [-0.3, -0.25) is 9.36 Å². The van der Waals surface area contributed by atoms with Gasteiger partial charge in [-0.1, -0.05) is 31.0 Å². The summed E-state index contributed by atoms with van der Waals surface area (Å²) >= 11 is 1.19. The molecule has 34 heavy (non-hydrogen) atoms. The molecule has 1 fully saturated rings. The van der Waals surface area contributed by atoms with Gasteiger partial charge in [-0.05, 0) is 56.2 Å². The predicted molar refractivity (Wildman–Crippen MR) is 124 cm³/mol. The number of carbonyl (C=O) groups excluding carboxylic acids is 1. The molecule has 180 valence electrons. The number of hydrogen-bond acceptors (Lipinski definition) is 5. The van der Waals surface area contributed by atoms with Crippen LogP contribution in [0.15, 0.2) is 41.6 Å². The Bertz CT molecular complexity index is 1160. The van der Waals surface area contributed by atoms with Crippen LogP contribution in [0.25, 0.3) is 11.4 Å². The predicted octanol–water partition coefficient (Wildman–Crippen LogP) is 6.00. The van der Waals surface area contributed by atoms with Gasteiger partial charge in [0.1, 0.15) is 5.75 Å². The van der Waals surface area contributed by atoms with E-state index < -0.39 is 34.3 Å². The van der Waals surface area contributed by atoms with E-state index in [-0.39, 0.29) is 6.04 Å². The molecule has 0 radical (unpaired) electrons. The Morgan fingerprint density at radius 1 is 1.06 bits per heavy atom. The van der Waals surface area contributed by atoms with Crippen molar-refractivity contribution in [1.29, 1.82) is 0 Å². The van der Waals surface area contributed by atoms with Crippen LogP contribution >= 0.6 is 11.8 Å². The molecule has 1 heterocycles. The summed E-state index contributed by atoms with van der Waals surface area (Å²) in [6.07, 6.45) is 5.34. The number of rotatable bonds is 7. The van der Waals surface area contributed by atoms with Crippen LogP contribution in [0.1, 0.15) is 45.1 Å². The highest BCUT2D eigenvalue weighted by molar-refractivity contribution is 8.00. The standard InChI is InChI=1S/C24H25F3N4O2S/c1-14(23(32)28-19-13-12-18(25)20(26)21(19)27)34-24-30-29-22(15-8-10-17(33-2)11-9-15)31(24)16-6-4-3-5-7-16/h8-14,16H,3-7H2,1-2H3,(H,28,32). The number of amides is 1. The molecule has 1 amide bonds. The fourth-order valence-electron chi connectivity index (χ4n) is 4.03. The largest absolute Gasteiger partial charge is 0.497 e. The van der Waals surface area contributed by atoms with Crippen LogP contribution in [0.3, 0.4) is 0 Å².